The number of rotatable bonds is 7. The fourth-order valence-electron chi connectivity index (χ4n) is 2.12. The van der Waals surface area contributed by atoms with Crippen LogP contribution < -0.4 is 15.0 Å². The summed E-state index contributed by atoms with van der Waals surface area (Å²) in [6, 6.07) is 5.09. The van der Waals surface area contributed by atoms with Crippen molar-refractivity contribution in [3.05, 3.63) is 22.4 Å². The Bertz CT molecular complexity index is 585. The molecule has 1 saturated carbocycles. The first kappa shape index (κ1) is 14.1. The van der Waals surface area contributed by atoms with Crippen molar-refractivity contribution < 1.29 is 4.74 Å². The minimum absolute atomic E-state index is 0.354. The summed E-state index contributed by atoms with van der Waals surface area (Å²) < 4.78 is 5.20. The molecule has 2 aromatic rings. The standard InChI is InChI=1S/C14H19N5OS/c1-3-15-12-16-13(18-14(17-12)20-2)19(10-6-7-10)9-11-5-4-8-21-11/h4-5,8,10H,3,6-7,9H2,1-2H3,(H,15,16,17,18). The Morgan fingerprint density at radius 1 is 1.38 bits per heavy atom. The van der Waals surface area contributed by atoms with Crippen molar-refractivity contribution in [1.82, 2.24) is 15.0 Å². The van der Waals surface area contributed by atoms with Crippen LogP contribution in [0, 0.1) is 0 Å². The van der Waals surface area contributed by atoms with Crippen LogP contribution in [0.1, 0.15) is 24.6 Å². The van der Waals surface area contributed by atoms with Gasteiger partial charge >= 0.3 is 6.01 Å². The molecule has 21 heavy (non-hydrogen) atoms. The number of nitrogens with zero attached hydrogens (tertiary/aromatic N) is 4. The van der Waals surface area contributed by atoms with E-state index in [9.17, 15) is 0 Å². The van der Waals surface area contributed by atoms with Gasteiger partial charge in [0.15, 0.2) is 0 Å². The first-order valence-corrected chi connectivity index (χ1v) is 8.01. The van der Waals surface area contributed by atoms with E-state index in [4.69, 9.17) is 4.74 Å². The monoisotopic (exact) mass is 305 g/mol. The van der Waals surface area contributed by atoms with Gasteiger partial charge in [0.1, 0.15) is 0 Å². The third-order valence-electron chi connectivity index (χ3n) is 3.27. The van der Waals surface area contributed by atoms with E-state index in [0.717, 1.165) is 13.1 Å². The Kier molecular flexibility index (Phi) is 4.19. The van der Waals surface area contributed by atoms with Crippen molar-refractivity contribution in [3.8, 4) is 6.01 Å². The summed E-state index contributed by atoms with van der Waals surface area (Å²) in [5, 5.41) is 5.23. The Balaban J connectivity index is 1.88. The summed E-state index contributed by atoms with van der Waals surface area (Å²) in [6.45, 7) is 3.61. The van der Waals surface area contributed by atoms with Crippen molar-refractivity contribution >= 4 is 23.2 Å². The maximum Gasteiger partial charge on any atom is 0.322 e. The van der Waals surface area contributed by atoms with E-state index in [-0.39, 0.29) is 0 Å². The lowest BCUT2D eigenvalue weighted by Crippen LogP contribution is -2.27. The molecular weight excluding hydrogens is 286 g/mol. The lowest BCUT2D eigenvalue weighted by molar-refractivity contribution is 0.378. The van der Waals surface area contributed by atoms with Crippen LogP contribution in [0.25, 0.3) is 0 Å². The highest BCUT2D eigenvalue weighted by Crippen LogP contribution is 2.32. The molecular formula is C14H19N5OS. The highest BCUT2D eigenvalue weighted by atomic mass is 32.1. The Morgan fingerprint density at radius 2 is 2.24 bits per heavy atom. The molecule has 0 unspecified atom stereocenters. The fraction of sp³-hybridized carbons (Fsp3) is 0.500. The second kappa shape index (κ2) is 6.26. The maximum atomic E-state index is 5.20. The van der Waals surface area contributed by atoms with E-state index >= 15 is 0 Å². The normalized spacial score (nSPS) is 14.0. The van der Waals surface area contributed by atoms with Crippen molar-refractivity contribution in [2.24, 2.45) is 0 Å². The van der Waals surface area contributed by atoms with Gasteiger partial charge in [-0.1, -0.05) is 6.07 Å². The van der Waals surface area contributed by atoms with E-state index in [1.165, 1.54) is 17.7 Å². The van der Waals surface area contributed by atoms with Gasteiger partial charge in [-0.05, 0) is 31.2 Å². The number of hydrogen-bond acceptors (Lipinski definition) is 7. The van der Waals surface area contributed by atoms with E-state index < -0.39 is 0 Å². The van der Waals surface area contributed by atoms with Gasteiger partial charge in [0.25, 0.3) is 0 Å². The molecule has 7 heteroatoms. The van der Waals surface area contributed by atoms with Crippen LogP contribution in [0.3, 0.4) is 0 Å². The largest absolute Gasteiger partial charge is 0.467 e. The van der Waals surface area contributed by atoms with Crippen molar-refractivity contribution in [3.63, 3.8) is 0 Å². The van der Waals surface area contributed by atoms with Gasteiger partial charge in [-0.25, -0.2) is 0 Å². The van der Waals surface area contributed by atoms with Crippen molar-refractivity contribution in [2.75, 3.05) is 23.9 Å². The number of methoxy groups -OCH3 is 1. The average molecular weight is 305 g/mol. The lowest BCUT2D eigenvalue weighted by atomic mass is 10.4. The molecule has 0 amide bonds. The lowest BCUT2D eigenvalue weighted by Gasteiger charge is -2.22. The van der Waals surface area contributed by atoms with Crippen molar-refractivity contribution in [2.45, 2.75) is 32.4 Å². The Labute approximate surface area is 128 Å². The van der Waals surface area contributed by atoms with Crippen LogP contribution in [0.4, 0.5) is 11.9 Å². The summed E-state index contributed by atoms with van der Waals surface area (Å²) in [5.41, 5.74) is 0. The highest BCUT2D eigenvalue weighted by Gasteiger charge is 2.31. The minimum atomic E-state index is 0.354. The number of anilines is 2. The maximum absolute atomic E-state index is 5.20. The molecule has 0 bridgehead atoms. The molecule has 2 heterocycles. The summed E-state index contributed by atoms with van der Waals surface area (Å²) in [5.74, 6) is 1.25. The molecule has 2 aromatic heterocycles. The number of thiophene rings is 1. The number of nitrogens with one attached hydrogen (secondary N) is 1. The van der Waals surface area contributed by atoms with E-state index in [1.807, 2.05) is 6.92 Å². The Hall–Kier alpha value is -1.89. The molecule has 1 aliphatic rings. The predicted molar refractivity (Wildman–Crippen MR) is 84.1 cm³/mol. The molecule has 1 fully saturated rings. The molecule has 1 aliphatic carbocycles. The zero-order valence-corrected chi connectivity index (χ0v) is 13.1. The molecule has 0 spiro atoms. The molecule has 112 valence electrons. The fourth-order valence-corrected chi connectivity index (χ4v) is 2.83. The Morgan fingerprint density at radius 3 is 2.86 bits per heavy atom. The van der Waals surface area contributed by atoms with Gasteiger partial charge in [0.2, 0.25) is 11.9 Å². The summed E-state index contributed by atoms with van der Waals surface area (Å²) in [7, 11) is 1.58. The van der Waals surface area contributed by atoms with E-state index in [0.29, 0.717) is 23.9 Å². The predicted octanol–water partition coefficient (Wildman–Crippen LogP) is 2.54. The summed E-state index contributed by atoms with van der Waals surface area (Å²) >= 11 is 1.76. The number of ether oxygens (including phenoxy) is 1. The second-order valence-electron chi connectivity index (χ2n) is 4.91. The van der Waals surface area contributed by atoms with Crippen molar-refractivity contribution in [1.29, 1.82) is 0 Å². The minimum Gasteiger partial charge on any atom is -0.467 e. The van der Waals surface area contributed by atoms with E-state index in [2.05, 4.69) is 42.7 Å². The second-order valence-corrected chi connectivity index (χ2v) is 5.95. The van der Waals surface area contributed by atoms with Gasteiger partial charge in [0, 0.05) is 17.5 Å². The van der Waals surface area contributed by atoms with E-state index in [1.54, 1.807) is 18.4 Å². The molecule has 0 atom stereocenters. The van der Waals surface area contributed by atoms with Crippen LogP contribution in [0.15, 0.2) is 17.5 Å². The SMILES string of the molecule is CCNc1nc(OC)nc(N(Cc2cccs2)C2CC2)n1. The molecule has 3 rings (SSSR count). The zero-order valence-electron chi connectivity index (χ0n) is 12.2. The third-order valence-corrected chi connectivity index (χ3v) is 4.13. The molecule has 0 radical (unpaired) electrons. The quantitative estimate of drug-likeness (QED) is 0.848. The van der Waals surface area contributed by atoms with Gasteiger partial charge in [-0.15, -0.1) is 11.3 Å². The molecule has 6 nitrogen and oxygen atoms in total. The zero-order chi connectivity index (χ0) is 14.7. The van der Waals surface area contributed by atoms with Crippen LogP contribution in [-0.2, 0) is 6.54 Å². The molecule has 0 aromatic carbocycles. The van der Waals surface area contributed by atoms with Gasteiger partial charge in [-0.3, -0.25) is 0 Å². The topological polar surface area (TPSA) is 63.2 Å². The first-order valence-electron chi connectivity index (χ1n) is 7.13. The smallest absolute Gasteiger partial charge is 0.322 e. The highest BCUT2D eigenvalue weighted by molar-refractivity contribution is 7.09. The first-order chi connectivity index (χ1) is 10.3. The van der Waals surface area contributed by atoms with Crippen LogP contribution in [0.2, 0.25) is 0 Å². The van der Waals surface area contributed by atoms with Crippen LogP contribution in [0.5, 0.6) is 6.01 Å². The molecule has 0 aliphatic heterocycles. The number of hydrogen-bond donors (Lipinski definition) is 1. The van der Waals surface area contributed by atoms with Gasteiger partial charge in [0.05, 0.1) is 13.7 Å². The third kappa shape index (κ3) is 3.41. The van der Waals surface area contributed by atoms with Crippen LogP contribution in [-0.4, -0.2) is 34.6 Å². The van der Waals surface area contributed by atoms with Gasteiger partial charge in [-0.2, -0.15) is 15.0 Å². The summed E-state index contributed by atoms with van der Waals surface area (Å²) in [6.07, 6.45) is 2.38. The molecule has 1 N–H and O–H groups in total. The van der Waals surface area contributed by atoms with Crippen LogP contribution >= 0.6 is 11.3 Å². The average Bonchev–Trinajstić information content (AvgIpc) is 3.21. The molecule has 0 saturated heterocycles. The van der Waals surface area contributed by atoms with Gasteiger partial charge < -0.3 is 15.0 Å². The summed E-state index contributed by atoms with van der Waals surface area (Å²) in [4.78, 5) is 16.7. The number of aromatic nitrogens is 3.